The van der Waals surface area contributed by atoms with E-state index in [9.17, 15) is 0 Å². The number of thiazole rings is 1. The monoisotopic (exact) mass is 288 g/mol. The summed E-state index contributed by atoms with van der Waals surface area (Å²) in [5, 5.41) is 3.67. The summed E-state index contributed by atoms with van der Waals surface area (Å²) >= 11 is 1.75. The fraction of sp³-hybridized carbons (Fsp3) is 0.471. The second-order valence-corrected chi connectivity index (χ2v) is 6.42. The lowest BCUT2D eigenvalue weighted by molar-refractivity contribution is 0.507. The summed E-state index contributed by atoms with van der Waals surface area (Å²) < 4.78 is 0. The highest BCUT2D eigenvalue weighted by Gasteiger charge is 2.11. The molecule has 0 fully saturated rings. The molecular formula is C17H24N2S. The fourth-order valence-corrected chi connectivity index (χ4v) is 3.04. The van der Waals surface area contributed by atoms with Crippen LogP contribution in [0.2, 0.25) is 0 Å². The minimum atomic E-state index is 0.498. The lowest BCUT2D eigenvalue weighted by atomic mass is 9.99. The van der Waals surface area contributed by atoms with Crippen LogP contribution in [0.25, 0.3) is 0 Å². The standard InChI is InChI=1S/C17H24N2S/c1-4-7-19-16(10-17-11-18-12-20-17)9-15-6-5-13(2)14(3)8-15/h5-6,8,11-12,16,19H,4,7,9-10H2,1-3H3. The molecule has 1 unspecified atom stereocenters. The summed E-state index contributed by atoms with van der Waals surface area (Å²) in [6.45, 7) is 7.65. The zero-order valence-corrected chi connectivity index (χ0v) is 13.5. The van der Waals surface area contributed by atoms with Crippen molar-refractivity contribution in [2.24, 2.45) is 0 Å². The molecule has 1 aromatic heterocycles. The Bertz CT molecular complexity index is 520. The minimum Gasteiger partial charge on any atom is -0.313 e. The molecule has 0 spiro atoms. The van der Waals surface area contributed by atoms with Gasteiger partial charge in [0.1, 0.15) is 0 Å². The SMILES string of the molecule is CCCNC(Cc1ccc(C)c(C)c1)Cc1cncs1. The first-order chi connectivity index (χ1) is 9.69. The van der Waals surface area contributed by atoms with Crippen LogP contribution in [0.15, 0.2) is 29.9 Å². The lowest BCUT2D eigenvalue weighted by Crippen LogP contribution is -2.33. The molecule has 0 bridgehead atoms. The third-order valence-electron chi connectivity index (χ3n) is 3.67. The summed E-state index contributed by atoms with van der Waals surface area (Å²) in [4.78, 5) is 5.54. The van der Waals surface area contributed by atoms with Crippen molar-refractivity contribution in [1.29, 1.82) is 0 Å². The summed E-state index contributed by atoms with van der Waals surface area (Å²) in [7, 11) is 0. The average Bonchev–Trinajstić information content (AvgIpc) is 2.93. The van der Waals surface area contributed by atoms with Gasteiger partial charge in [0, 0.05) is 17.1 Å². The van der Waals surface area contributed by atoms with Gasteiger partial charge in [-0.15, -0.1) is 11.3 Å². The maximum absolute atomic E-state index is 4.18. The van der Waals surface area contributed by atoms with E-state index in [1.807, 2.05) is 11.7 Å². The van der Waals surface area contributed by atoms with Gasteiger partial charge in [-0.05, 0) is 56.3 Å². The number of hydrogen-bond acceptors (Lipinski definition) is 3. The van der Waals surface area contributed by atoms with E-state index in [1.54, 1.807) is 11.3 Å². The van der Waals surface area contributed by atoms with Crippen molar-refractivity contribution in [2.75, 3.05) is 6.54 Å². The first-order valence-corrected chi connectivity index (χ1v) is 8.24. The van der Waals surface area contributed by atoms with Crippen LogP contribution in [0.4, 0.5) is 0 Å². The number of rotatable bonds is 7. The quantitative estimate of drug-likeness (QED) is 0.835. The van der Waals surface area contributed by atoms with Crippen LogP contribution in [-0.2, 0) is 12.8 Å². The third kappa shape index (κ3) is 4.43. The van der Waals surface area contributed by atoms with E-state index in [-0.39, 0.29) is 0 Å². The van der Waals surface area contributed by atoms with Gasteiger partial charge in [-0.2, -0.15) is 0 Å². The number of nitrogens with one attached hydrogen (secondary N) is 1. The molecule has 2 aromatic rings. The number of benzene rings is 1. The zero-order chi connectivity index (χ0) is 14.4. The highest BCUT2D eigenvalue weighted by Crippen LogP contribution is 2.15. The normalized spacial score (nSPS) is 12.6. The predicted octanol–water partition coefficient (Wildman–Crippen LogP) is 3.91. The average molecular weight is 288 g/mol. The van der Waals surface area contributed by atoms with Crippen molar-refractivity contribution in [3.05, 3.63) is 51.5 Å². The lowest BCUT2D eigenvalue weighted by Gasteiger charge is -2.18. The van der Waals surface area contributed by atoms with Gasteiger partial charge in [-0.1, -0.05) is 25.1 Å². The summed E-state index contributed by atoms with van der Waals surface area (Å²) in [5.74, 6) is 0. The Kier molecular flexibility index (Phi) is 5.74. The molecule has 0 radical (unpaired) electrons. The van der Waals surface area contributed by atoms with E-state index in [4.69, 9.17) is 0 Å². The summed E-state index contributed by atoms with van der Waals surface area (Å²) in [6.07, 6.45) is 5.31. The molecule has 0 amide bonds. The Morgan fingerprint density at radius 1 is 1.20 bits per heavy atom. The largest absolute Gasteiger partial charge is 0.313 e. The van der Waals surface area contributed by atoms with Gasteiger partial charge in [-0.3, -0.25) is 4.98 Å². The van der Waals surface area contributed by atoms with Crippen LogP contribution in [0.5, 0.6) is 0 Å². The Morgan fingerprint density at radius 3 is 2.70 bits per heavy atom. The molecule has 1 heterocycles. The number of aromatic nitrogens is 1. The number of aryl methyl sites for hydroxylation is 2. The number of hydrogen-bond donors (Lipinski definition) is 1. The maximum atomic E-state index is 4.18. The highest BCUT2D eigenvalue weighted by atomic mass is 32.1. The van der Waals surface area contributed by atoms with Gasteiger partial charge in [0.15, 0.2) is 0 Å². The molecule has 0 aliphatic heterocycles. The van der Waals surface area contributed by atoms with Crippen molar-refractivity contribution < 1.29 is 0 Å². The highest BCUT2D eigenvalue weighted by molar-refractivity contribution is 7.09. The van der Waals surface area contributed by atoms with Crippen molar-refractivity contribution in [2.45, 2.75) is 46.1 Å². The van der Waals surface area contributed by atoms with E-state index in [0.29, 0.717) is 6.04 Å². The van der Waals surface area contributed by atoms with Crippen molar-refractivity contribution in [1.82, 2.24) is 10.3 Å². The molecule has 2 rings (SSSR count). The second kappa shape index (κ2) is 7.55. The molecule has 1 atom stereocenters. The van der Waals surface area contributed by atoms with Gasteiger partial charge < -0.3 is 5.32 Å². The van der Waals surface area contributed by atoms with Gasteiger partial charge in [-0.25, -0.2) is 0 Å². The predicted molar refractivity (Wildman–Crippen MR) is 87.5 cm³/mol. The molecule has 0 saturated heterocycles. The van der Waals surface area contributed by atoms with E-state index in [1.165, 1.54) is 28.0 Å². The molecule has 0 aliphatic rings. The molecule has 1 N–H and O–H groups in total. The molecule has 108 valence electrons. The molecule has 3 heteroatoms. The van der Waals surface area contributed by atoms with Crippen LogP contribution >= 0.6 is 11.3 Å². The topological polar surface area (TPSA) is 24.9 Å². The Hall–Kier alpha value is -1.19. The fourth-order valence-electron chi connectivity index (χ4n) is 2.37. The third-order valence-corrected chi connectivity index (χ3v) is 4.47. The number of nitrogens with zero attached hydrogens (tertiary/aromatic N) is 1. The van der Waals surface area contributed by atoms with Gasteiger partial charge >= 0.3 is 0 Å². The summed E-state index contributed by atoms with van der Waals surface area (Å²) in [6, 6.07) is 7.31. The molecule has 2 nitrogen and oxygen atoms in total. The van der Waals surface area contributed by atoms with Crippen molar-refractivity contribution in [3.8, 4) is 0 Å². The van der Waals surface area contributed by atoms with Crippen LogP contribution in [-0.4, -0.2) is 17.6 Å². The smallest absolute Gasteiger partial charge is 0.0794 e. The van der Waals surface area contributed by atoms with Crippen molar-refractivity contribution in [3.63, 3.8) is 0 Å². The van der Waals surface area contributed by atoms with Crippen LogP contribution in [0.3, 0.4) is 0 Å². The summed E-state index contributed by atoms with van der Waals surface area (Å²) in [5.41, 5.74) is 6.09. The molecule has 0 saturated carbocycles. The molecule has 1 aromatic carbocycles. The van der Waals surface area contributed by atoms with E-state index in [0.717, 1.165) is 19.4 Å². The Balaban J connectivity index is 2.04. The van der Waals surface area contributed by atoms with E-state index in [2.05, 4.69) is 49.3 Å². The zero-order valence-electron chi connectivity index (χ0n) is 12.6. The maximum Gasteiger partial charge on any atom is 0.0794 e. The Morgan fingerprint density at radius 2 is 2.05 bits per heavy atom. The first kappa shape index (κ1) is 15.2. The van der Waals surface area contributed by atoms with E-state index >= 15 is 0 Å². The van der Waals surface area contributed by atoms with Crippen LogP contribution < -0.4 is 5.32 Å². The van der Waals surface area contributed by atoms with Crippen molar-refractivity contribution >= 4 is 11.3 Å². The van der Waals surface area contributed by atoms with Gasteiger partial charge in [0.05, 0.1) is 5.51 Å². The minimum absolute atomic E-state index is 0.498. The first-order valence-electron chi connectivity index (χ1n) is 7.36. The Labute approximate surface area is 126 Å². The van der Waals surface area contributed by atoms with Crippen LogP contribution in [0.1, 0.15) is 34.9 Å². The molecule has 0 aliphatic carbocycles. The second-order valence-electron chi connectivity index (χ2n) is 5.45. The molecular weight excluding hydrogens is 264 g/mol. The van der Waals surface area contributed by atoms with E-state index < -0.39 is 0 Å². The van der Waals surface area contributed by atoms with Gasteiger partial charge in [0.25, 0.3) is 0 Å². The van der Waals surface area contributed by atoms with Gasteiger partial charge in [0.2, 0.25) is 0 Å². The molecule has 20 heavy (non-hydrogen) atoms. The van der Waals surface area contributed by atoms with Crippen LogP contribution in [0, 0.1) is 13.8 Å².